The lowest BCUT2D eigenvalue weighted by Gasteiger charge is -2.07. The maximum Gasteiger partial charge on any atom is 0.416 e. The Morgan fingerprint density at radius 2 is 1.93 bits per heavy atom. The fourth-order valence-electron chi connectivity index (χ4n) is 1.00. The normalized spacial score (nSPS) is 11.9. The van der Waals surface area contributed by atoms with E-state index < -0.39 is 17.5 Å². The van der Waals surface area contributed by atoms with Gasteiger partial charge >= 0.3 is 6.18 Å². The largest absolute Gasteiger partial charge is 0.507 e. The molecule has 0 saturated carbocycles. The number of phenolic OH excluding ortho intramolecular Hbond substituents is 1. The molecule has 0 amide bonds. The van der Waals surface area contributed by atoms with Gasteiger partial charge < -0.3 is 5.11 Å². The second-order valence-electron chi connectivity index (χ2n) is 2.77. The van der Waals surface area contributed by atoms with Gasteiger partial charge in [0.2, 0.25) is 0 Å². The average Bonchev–Trinajstić information content (AvgIpc) is 2.14. The summed E-state index contributed by atoms with van der Waals surface area (Å²) in [7, 11) is 0. The molecule has 0 saturated heterocycles. The summed E-state index contributed by atoms with van der Waals surface area (Å²) in [6.45, 7) is 0. The first-order valence-electron chi connectivity index (χ1n) is 3.97. The minimum atomic E-state index is -4.48. The monoisotopic (exact) mass is 216 g/mol. The zero-order valence-corrected chi connectivity index (χ0v) is 7.45. The van der Waals surface area contributed by atoms with Gasteiger partial charge in [0.25, 0.3) is 0 Å². The number of hydrogen-bond donors (Lipinski definition) is 1. The van der Waals surface area contributed by atoms with Gasteiger partial charge in [-0.2, -0.15) is 13.2 Å². The van der Waals surface area contributed by atoms with Crippen LogP contribution in [-0.4, -0.2) is 11.4 Å². The second-order valence-corrected chi connectivity index (χ2v) is 2.77. The van der Waals surface area contributed by atoms with Crippen molar-refractivity contribution in [2.45, 2.75) is 6.18 Å². The molecule has 80 valence electrons. The van der Waals surface area contributed by atoms with E-state index in [0.717, 1.165) is 18.2 Å². The Kier molecular flexibility index (Phi) is 3.14. The summed E-state index contributed by atoms with van der Waals surface area (Å²) in [5, 5.41) is 9.21. The Hall–Kier alpha value is -1.78. The molecule has 0 fully saturated rings. The van der Waals surface area contributed by atoms with Crippen molar-refractivity contribution in [1.82, 2.24) is 0 Å². The molecule has 0 aliphatic heterocycles. The van der Waals surface area contributed by atoms with E-state index in [-0.39, 0.29) is 5.56 Å². The van der Waals surface area contributed by atoms with E-state index in [1.807, 2.05) is 0 Å². The van der Waals surface area contributed by atoms with Gasteiger partial charge in [-0.3, -0.25) is 4.79 Å². The molecule has 0 aliphatic carbocycles. The standard InChI is InChI=1S/C10H7F3O2/c11-10(12,13)8-4-3-7(2-1-5-14)9(15)6-8/h1-6,15H. The van der Waals surface area contributed by atoms with Crippen LogP contribution in [0.25, 0.3) is 6.08 Å². The number of phenols is 1. The van der Waals surface area contributed by atoms with E-state index in [2.05, 4.69) is 0 Å². The Morgan fingerprint density at radius 3 is 2.40 bits per heavy atom. The predicted octanol–water partition coefficient (Wildman–Crippen LogP) is 2.62. The first-order valence-corrected chi connectivity index (χ1v) is 3.97. The van der Waals surface area contributed by atoms with Crippen molar-refractivity contribution in [2.75, 3.05) is 0 Å². The van der Waals surface area contributed by atoms with Crippen LogP contribution in [0, 0.1) is 0 Å². The van der Waals surface area contributed by atoms with Crippen LogP contribution in [0.4, 0.5) is 13.2 Å². The number of allylic oxidation sites excluding steroid dienone is 1. The molecular formula is C10H7F3O2. The minimum absolute atomic E-state index is 0.162. The molecular weight excluding hydrogens is 209 g/mol. The molecule has 1 rings (SSSR count). The van der Waals surface area contributed by atoms with Crippen molar-refractivity contribution in [2.24, 2.45) is 0 Å². The Labute approximate surface area is 83.7 Å². The van der Waals surface area contributed by atoms with E-state index in [0.29, 0.717) is 12.4 Å². The number of alkyl halides is 3. The van der Waals surface area contributed by atoms with Crippen molar-refractivity contribution < 1.29 is 23.1 Å². The summed E-state index contributed by atoms with van der Waals surface area (Å²) in [6.07, 6.45) is -1.70. The third-order valence-electron chi connectivity index (χ3n) is 1.71. The molecule has 1 aromatic carbocycles. The number of aldehydes is 1. The summed E-state index contributed by atoms with van der Waals surface area (Å²) in [5.41, 5.74) is -0.765. The molecule has 0 unspecified atom stereocenters. The van der Waals surface area contributed by atoms with Gasteiger partial charge in [-0.15, -0.1) is 0 Å². The number of hydrogen-bond acceptors (Lipinski definition) is 2. The number of benzene rings is 1. The van der Waals surface area contributed by atoms with E-state index in [9.17, 15) is 23.1 Å². The van der Waals surface area contributed by atoms with Crippen LogP contribution in [0.1, 0.15) is 11.1 Å². The van der Waals surface area contributed by atoms with Gasteiger partial charge in [0.15, 0.2) is 0 Å². The Morgan fingerprint density at radius 1 is 1.27 bits per heavy atom. The summed E-state index contributed by atoms with van der Waals surface area (Å²) in [6, 6.07) is 2.55. The minimum Gasteiger partial charge on any atom is -0.507 e. The lowest BCUT2D eigenvalue weighted by atomic mass is 10.1. The number of aromatic hydroxyl groups is 1. The molecule has 0 radical (unpaired) electrons. The highest BCUT2D eigenvalue weighted by molar-refractivity contribution is 5.75. The first kappa shape index (κ1) is 11.3. The van der Waals surface area contributed by atoms with Crippen molar-refractivity contribution >= 4 is 12.4 Å². The fourth-order valence-corrected chi connectivity index (χ4v) is 1.00. The van der Waals surface area contributed by atoms with Crippen molar-refractivity contribution in [1.29, 1.82) is 0 Å². The molecule has 2 nitrogen and oxygen atoms in total. The molecule has 5 heteroatoms. The van der Waals surface area contributed by atoms with Crippen LogP contribution >= 0.6 is 0 Å². The number of rotatable bonds is 2. The lowest BCUT2D eigenvalue weighted by Crippen LogP contribution is -2.04. The molecule has 1 aromatic rings. The van der Waals surface area contributed by atoms with Gasteiger partial charge in [-0.1, -0.05) is 6.07 Å². The summed E-state index contributed by atoms with van der Waals surface area (Å²) in [4.78, 5) is 9.97. The van der Waals surface area contributed by atoms with Gasteiger partial charge in [0, 0.05) is 5.56 Å². The lowest BCUT2D eigenvalue weighted by molar-refractivity contribution is -0.137. The summed E-state index contributed by atoms with van der Waals surface area (Å²) in [5.74, 6) is -0.511. The number of carbonyl (C=O) groups excluding carboxylic acids is 1. The third kappa shape index (κ3) is 2.83. The Balaban J connectivity index is 3.09. The molecule has 1 N–H and O–H groups in total. The smallest absolute Gasteiger partial charge is 0.416 e. The van der Waals surface area contributed by atoms with Crippen LogP contribution in [0.3, 0.4) is 0 Å². The highest BCUT2D eigenvalue weighted by Gasteiger charge is 2.30. The van der Waals surface area contributed by atoms with E-state index in [1.165, 1.54) is 6.08 Å². The quantitative estimate of drug-likeness (QED) is 0.609. The second kappa shape index (κ2) is 4.16. The highest BCUT2D eigenvalue weighted by Crippen LogP contribution is 2.32. The maximum absolute atomic E-state index is 12.2. The molecule has 0 spiro atoms. The third-order valence-corrected chi connectivity index (χ3v) is 1.71. The molecule has 15 heavy (non-hydrogen) atoms. The summed E-state index contributed by atoms with van der Waals surface area (Å²) < 4.78 is 36.5. The van der Waals surface area contributed by atoms with Crippen molar-refractivity contribution in [3.63, 3.8) is 0 Å². The first-order chi connectivity index (χ1) is 6.95. The van der Waals surface area contributed by atoms with E-state index in [4.69, 9.17) is 0 Å². The van der Waals surface area contributed by atoms with E-state index in [1.54, 1.807) is 0 Å². The molecule has 0 atom stereocenters. The SMILES string of the molecule is O=CC=Cc1ccc(C(F)(F)F)cc1O. The molecule has 0 bridgehead atoms. The van der Waals surface area contributed by atoms with Crippen LogP contribution < -0.4 is 0 Å². The molecule has 0 aliphatic rings. The number of halogens is 3. The zero-order chi connectivity index (χ0) is 11.5. The zero-order valence-electron chi connectivity index (χ0n) is 7.45. The predicted molar refractivity (Wildman–Crippen MR) is 48.2 cm³/mol. The van der Waals surface area contributed by atoms with Gasteiger partial charge in [-0.25, -0.2) is 0 Å². The number of carbonyl (C=O) groups is 1. The van der Waals surface area contributed by atoms with Crippen LogP contribution in [-0.2, 0) is 11.0 Å². The highest BCUT2D eigenvalue weighted by atomic mass is 19.4. The average molecular weight is 216 g/mol. The fraction of sp³-hybridized carbons (Fsp3) is 0.100. The van der Waals surface area contributed by atoms with E-state index >= 15 is 0 Å². The van der Waals surface area contributed by atoms with Crippen molar-refractivity contribution in [3.8, 4) is 5.75 Å². The van der Waals surface area contributed by atoms with Gasteiger partial charge in [0.05, 0.1) is 5.56 Å². The summed E-state index contributed by atoms with van der Waals surface area (Å²) >= 11 is 0. The maximum atomic E-state index is 12.2. The topological polar surface area (TPSA) is 37.3 Å². The van der Waals surface area contributed by atoms with Crippen LogP contribution in [0.15, 0.2) is 24.3 Å². The van der Waals surface area contributed by atoms with Gasteiger partial charge in [-0.05, 0) is 24.3 Å². The molecule has 0 heterocycles. The Bertz CT molecular complexity index is 394. The van der Waals surface area contributed by atoms with Crippen LogP contribution in [0.2, 0.25) is 0 Å². The molecule has 0 aromatic heterocycles. The van der Waals surface area contributed by atoms with Gasteiger partial charge in [0.1, 0.15) is 12.0 Å². The van der Waals surface area contributed by atoms with Crippen molar-refractivity contribution in [3.05, 3.63) is 35.4 Å². The van der Waals surface area contributed by atoms with Crippen LogP contribution in [0.5, 0.6) is 5.75 Å².